The minimum Gasteiger partial charge on any atom is -0.478 e. The van der Waals surface area contributed by atoms with E-state index in [1.807, 2.05) is 0 Å². The number of aromatic carboxylic acids is 1. The number of amides is 1. The van der Waals surface area contributed by atoms with E-state index in [1.54, 1.807) is 19.2 Å². The molecule has 4 atom stereocenters. The number of H-pyrrole nitrogens is 1. The van der Waals surface area contributed by atoms with Crippen molar-refractivity contribution >= 4 is 17.6 Å². The molecular formula is C37H56N4O8. The third-order valence-corrected chi connectivity index (χ3v) is 11.4. The van der Waals surface area contributed by atoms with Gasteiger partial charge >= 0.3 is 5.97 Å². The quantitative estimate of drug-likeness (QED) is 0.140. The minimum absolute atomic E-state index is 0.0936. The zero-order valence-corrected chi connectivity index (χ0v) is 28.7. The predicted molar refractivity (Wildman–Crippen MR) is 184 cm³/mol. The standard InChI is InChI=1S/C30H39N3O3.C7H17NO5/c34-28(31-24-9-5-8-23(15-24)29(35)36)26-25(32-27(33-26)22-6-3-1-2-4-7-22)10-11-30-16-19-12-20(17-30)14-21(13-19)18-30;1-8-2-4(10)6(12)7(13)5(11)3-9/h5,8-9,15,19-22H,1-4,6-7,10-14,16-18H2,(H,31,34)(H,32,33)(H,35,36);4-13H,2-3H2,1H3/t;4-,5+,6+,7+/m.0/s1. The van der Waals surface area contributed by atoms with Crippen LogP contribution in [-0.2, 0) is 6.42 Å². The Morgan fingerprint density at radius 2 is 1.55 bits per heavy atom. The zero-order chi connectivity index (χ0) is 35.1. The van der Waals surface area contributed by atoms with Crippen LogP contribution in [0.25, 0.3) is 0 Å². The summed E-state index contributed by atoms with van der Waals surface area (Å²) < 4.78 is 0. The lowest BCUT2D eigenvalue weighted by Crippen LogP contribution is -2.48. The number of nitrogens with one attached hydrogen (secondary N) is 3. The van der Waals surface area contributed by atoms with Gasteiger partial charge in [0, 0.05) is 23.8 Å². The van der Waals surface area contributed by atoms with Crippen LogP contribution in [0.5, 0.6) is 0 Å². The van der Waals surface area contributed by atoms with Gasteiger partial charge in [0.25, 0.3) is 5.91 Å². The number of carboxylic acids is 1. The van der Waals surface area contributed by atoms with Crippen LogP contribution in [0.3, 0.4) is 0 Å². The summed E-state index contributed by atoms with van der Waals surface area (Å²) in [7, 11) is 1.57. The number of likely N-dealkylation sites (N-methyl/N-ethyl adjacent to an activating group) is 1. The van der Waals surface area contributed by atoms with Gasteiger partial charge in [-0.1, -0.05) is 31.7 Å². The lowest BCUT2D eigenvalue weighted by Gasteiger charge is -2.57. The molecule has 12 heteroatoms. The number of carbonyl (C=O) groups excluding carboxylic acids is 1. The van der Waals surface area contributed by atoms with Crippen LogP contribution < -0.4 is 10.6 Å². The summed E-state index contributed by atoms with van der Waals surface area (Å²) in [6, 6.07) is 6.44. The molecule has 5 aliphatic rings. The van der Waals surface area contributed by atoms with Crippen molar-refractivity contribution in [1.82, 2.24) is 15.3 Å². The van der Waals surface area contributed by atoms with Gasteiger partial charge in [-0.05, 0) is 113 Å². The molecule has 0 unspecified atom stereocenters. The molecule has 272 valence electrons. The highest BCUT2D eigenvalue weighted by molar-refractivity contribution is 6.04. The van der Waals surface area contributed by atoms with Gasteiger partial charge in [-0.2, -0.15) is 0 Å². The Labute approximate surface area is 288 Å². The molecule has 1 heterocycles. The molecule has 1 aromatic heterocycles. The molecule has 2 aromatic rings. The van der Waals surface area contributed by atoms with Crippen molar-refractivity contribution in [2.24, 2.45) is 23.2 Å². The molecule has 0 spiro atoms. The van der Waals surface area contributed by atoms with Crippen LogP contribution in [0.4, 0.5) is 5.69 Å². The maximum absolute atomic E-state index is 13.5. The second-order valence-corrected chi connectivity index (χ2v) is 15.3. The number of carboxylic acid groups (broad SMARTS) is 1. The number of anilines is 1. The summed E-state index contributed by atoms with van der Waals surface area (Å²) in [5, 5.41) is 59.7. The van der Waals surface area contributed by atoms with Gasteiger partial charge in [-0.3, -0.25) is 4.79 Å². The second-order valence-electron chi connectivity index (χ2n) is 15.3. The average molecular weight is 685 g/mol. The van der Waals surface area contributed by atoms with Crippen LogP contribution in [0.15, 0.2) is 24.3 Å². The van der Waals surface area contributed by atoms with Gasteiger partial charge in [0.15, 0.2) is 0 Å². The number of aromatic amines is 1. The molecule has 5 fully saturated rings. The summed E-state index contributed by atoms with van der Waals surface area (Å²) in [5.41, 5.74) is 2.57. The Morgan fingerprint density at radius 1 is 0.939 bits per heavy atom. The van der Waals surface area contributed by atoms with E-state index in [0.29, 0.717) is 22.7 Å². The lowest BCUT2D eigenvalue weighted by molar-refractivity contribution is -0.113. The van der Waals surface area contributed by atoms with Gasteiger partial charge in [-0.15, -0.1) is 0 Å². The van der Waals surface area contributed by atoms with Gasteiger partial charge in [-0.25, -0.2) is 9.78 Å². The Balaban J connectivity index is 0.000000308. The van der Waals surface area contributed by atoms with Crippen LogP contribution in [0.2, 0.25) is 0 Å². The third kappa shape index (κ3) is 9.47. The molecule has 7 rings (SSSR count). The SMILES string of the molecule is CNC[C@H](O)[C@@H](O)[C@H](O)[C@H](O)CO.O=C(O)c1cccc(NC(=O)c2nc(C3CCCCCC3)[nH]c2CCC23CC4CC(CC(C4)C2)C3)c1. The summed E-state index contributed by atoms with van der Waals surface area (Å²) in [6.45, 7) is -0.569. The van der Waals surface area contributed by atoms with Crippen LogP contribution in [0.1, 0.15) is 122 Å². The largest absolute Gasteiger partial charge is 0.478 e. The van der Waals surface area contributed by atoms with E-state index in [2.05, 4.69) is 15.6 Å². The van der Waals surface area contributed by atoms with Gasteiger partial charge in [0.05, 0.1) is 18.3 Å². The van der Waals surface area contributed by atoms with Crippen molar-refractivity contribution in [3.63, 3.8) is 0 Å². The fraction of sp³-hybridized carbons (Fsp3) is 0.703. The van der Waals surface area contributed by atoms with E-state index in [4.69, 9.17) is 25.4 Å². The van der Waals surface area contributed by atoms with Crippen molar-refractivity contribution in [2.45, 2.75) is 120 Å². The first-order chi connectivity index (χ1) is 23.5. The van der Waals surface area contributed by atoms with Crippen molar-refractivity contribution in [3.05, 3.63) is 47.0 Å². The van der Waals surface area contributed by atoms with E-state index in [9.17, 15) is 19.8 Å². The van der Waals surface area contributed by atoms with E-state index in [0.717, 1.165) is 55.0 Å². The molecule has 12 nitrogen and oxygen atoms in total. The molecular weight excluding hydrogens is 628 g/mol. The first-order valence-electron chi connectivity index (χ1n) is 18.2. The normalized spacial score (nSPS) is 27.3. The molecule has 1 aromatic carbocycles. The molecule has 49 heavy (non-hydrogen) atoms. The second kappa shape index (κ2) is 16.9. The van der Waals surface area contributed by atoms with E-state index < -0.39 is 37.0 Å². The van der Waals surface area contributed by atoms with E-state index in [1.165, 1.54) is 76.3 Å². The summed E-state index contributed by atoms with van der Waals surface area (Å²) in [4.78, 5) is 33.4. The minimum atomic E-state index is -1.55. The van der Waals surface area contributed by atoms with E-state index in [-0.39, 0.29) is 18.0 Å². The molecule has 0 saturated heterocycles. The molecule has 5 aliphatic carbocycles. The number of aromatic nitrogens is 2. The van der Waals surface area contributed by atoms with Gasteiger partial charge < -0.3 is 46.3 Å². The van der Waals surface area contributed by atoms with Gasteiger partial charge in [0.2, 0.25) is 0 Å². The number of aliphatic hydroxyl groups is 5. The van der Waals surface area contributed by atoms with Crippen molar-refractivity contribution < 1.29 is 40.2 Å². The zero-order valence-electron chi connectivity index (χ0n) is 28.7. The first kappa shape index (κ1) is 37.4. The molecule has 0 aliphatic heterocycles. The topological polar surface area (TPSA) is 208 Å². The van der Waals surface area contributed by atoms with Crippen molar-refractivity contribution in [1.29, 1.82) is 0 Å². The molecule has 1 amide bonds. The number of carbonyl (C=O) groups is 2. The van der Waals surface area contributed by atoms with Crippen molar-refractivity contribution in [3.8, 4) is 0 Å². The van der Waals surface area contributed by atoms with Crippen LogP contribution in [-0.4, -0.2) is 97.1 Å². The Hall–Kier alpha value is -2.87. The number of hydrogen-bond acceptors (Lipinski definition) is 9. The van der Waals surface area contributed by atoms with Gasteiger partial charge in [0.1, 0.15) is 29.8 Å². The fourth-order valence-electron chi connectivity index (χ4n) is 9.34. The number of aliphatic hydroxyl groups excluding tert-OH is 5. The monoisotopic (exact) mass is 684 g/mol. The average Bonchev–Trinajstić information content (AvgIpc) is 3.32. The third-order valence-electron chi connectivity index (χ3n) is 11.4. The Kier molecular flexibility index (Phi) is 12.9. The lowest BCUT2D eigenvalue weighted by atomic mass is 9.48. The highest BCUT2D eigenvalue weighted by atomic mass is 16.4. The number of imidazole rings is 1. The summed E-state index contributed by atoms with van der Waals surface area (Å²) in [6.07, 6.45) is 12.0. The Morgan fingerprint density at radius 3 is 2.12 bits per heavy atom. The predicted octanol–water partition coefficient (Wildman–Crippen LogP) is 3.59. The fourth-order valence-corrected chi connectivity index (χ4v) is 9.34. The first-order valence-corrected chi connectivity index (χ1v) is 18.2. The van der Waals surface area contributed by atoms with E-state index >= 15 is 0 Å². The van der Waals surface area contributed by atoms with Crippen LogP contribution >= 0.6 is 0 Å². The number of hydrogen-bond donors (Lipinski definition) is 9. The number of benzene rings is 1. The molecule has 5 saturated carbocycles. The maximum atomic E-state index is 13.5. The van der Waals surface area contributed by atoms with Crippen LogP contribution in [0, 0.1) is 23.2 Å². The highest BCUT2D eigenvalue weighted by Gasteiger charge is 2.50. The molecule has 0 radical (unpaired) electrons. The summed E-state index contributed by atoms with van der Waals surface area (Å²) >= 11 is 0. The number of nitrogens with zero attached hydrogens (tertiary/aromatic N) is 1. The maximum Gasteiger partial charge on any atom is 0.335 e. The number of rotatable bonds is 13. The van der Waals surface area contributed by atoms with Crippen molar-refractivity contribution in [2.75, 3.05) is 25.5 Å². The Bertz CT molecular complexity index is 1350. The highest BCUT2D eigenvalue weighted by Crippen LogP contribution is 2.61. The smallest absolute Gasteiger partial charge is 0.335 e. The summed E-state index contributed by atoms with van der Waals surface area (Å²) in [5.74, 6) is 2.88. The molecule has 9 N–H and O–H groups in total. The number of aryl methyl sites for hydroxylation is 1. The molecule has 4 bridgehead atoms.